The number of nitrogens with zero attached hydrogens (tertiary/aromatic N) is 1. The van der Waals surface area contributed by atoms with Crippen molar-refractivity contribution < 1.29 is 23.8 Å². The van der Waals surface area contributed by atoms with Crippen LogP contribution in [-0.4, -0.2) is 37.7 Å². The maximum absolute atomic E-state index is 11.4. The van der Waals surface area contributed by atoms with Crippen LogP contribution in [0.15, 0.2) is 11.8 Å². The number of carbonyl (C=O) groups is 2. The number of amides is 2. The minimum Gasteiger partial charge on any atom is -0.458 e. The van der Waals surface area contributed by atoms with Gasteiger partial charge in [-0.05, 0) is 26.3 Å². The monoisotopic (exact) mass is 283 g/mol. The molecule has 0 aromatic rings. The number of carbonyl (C=O) groups excluding carboxylic acids is 2. The molecular weight excluding hydrogens is 266 g/mol. The molecule has 0 aromatic heterocycles. The second-order valence-corrected chi connectivity index (χ2v) is 3.79. The molecule has 110 valence electrons. The molecule has 0 aromatic carbocycles. The molecule has 1 aliphatic rings. The molecule has 0 unspecified atom stereocenters. The molecule has 2 atom stereocenters. The van der Waals surface area contributed by atoms with Crippen molar-refractivity contribution >= 4 is 12.2 Å². The summed E-state index contributed by atoms with van der Waals surface area (Å²) >= 11 is 0. The van der Waals surface area contributed by atoms with Gasteiger partial charge in [-0.25, -0.2) is 9.59 Å². The Morgan fingerprint density at radius 3 is 2.50 bits per heavy atom. The molecule has 0 saturated carbocycles. The van der Waals surface area contributed by atoms with E-state index in [2.05, 4.69) is 10.6 Å². The van der Waals surface area contributed by atoms with E-state index in [1.165, 1.54) is 6.08 Å². The van der Waals surface area contributed by atoms with Crippen LogP contribution in [0.4, 0.5) is 9.59 Å². The fourth-order valence-corrected chi connectivity index (χ4v) is 1.57. The molecule has 2 amide bonds. The largest absolute Gasteiger partial charge is 0.458 e. The van der Waals surface area contributed by atoms with Gasteiger partial charge in [0, 0.05) is 0 Å². The van der Waals surface area contributed by atoms with Gasteiger partial charge in [-0.1, -0.05) is 0 Å². The summed E-state index contributed by atoms with van der Waals surface area (Å²) in [5, 5.41) is 13.8. The Morgan fingerprint density at radius 1 is 1.35 bits per heavy atom. The lowest BCUT2D eigenvalue weighted by Crippen LogP contribution is -2.54. The summed E-state index contributed by atoms with van der Waals surface area (Å²) in [4.78, 5) is 22.8. The van der Waals surface area contributed by atoms with Crippen LogP contribution in [-0.2, 0) is 14.2 Å². The van der Waals surface area contributed by atoms with Crippen LogP contribution in [0.5, 0.6) is 0 Å². The first-order valence-electron chi connectivity index (χ1n) is 6.24. The molecule has 0 saturated heterocycles. The maximum Gasteiger partial charge on any atom is 0.410 e. The fourth-order valence-electron chi connectivity index (χ4n) is 1.57. The van der Waals surface area contributed by atoms with E-state index in [9.17, 15) is 9.59 Å². The Bertz CT molecular complexity index is 429. The molecule has 8 nitrogen and oxygen atoms in total. The fraction of sp³-hybridized carbons (Fsp3) is 0.583. The Balaban J connectivity index is 2.68. The molecule has 0 fully saturated rings. The van der Waals surface area contributed by atoms with Crippen LogP contribution in [0.25, 0.3) is 0 Å². The molecule has 1 rings (SSSR count). The lowest BCUT2D eigenvalue weighted by atomic mass is 10.1. The van der Waals surface area contributed by atoms with Crippen molar-refractivity contribution in [2.45, 2.75) is 32.5 Å². The van der Waals surface area contributed by atoms with Gasteiger partial charge in [0.25, 0.3) is 0 Å². The summed E-state index contributed by atoms with van der Waals surface area (Å²) < 4.78 is 14.8. The number of ether oxygens (including phenoxy) is 3. The zero-order chi connectivity index (χ0) is 15.0. The summed E-state index contributed by atoms with van der Waals surface area (Å²) in [6.45, 7) is 3.78. The van der Waals surface area contributed by atoms with E-state index < -0.39 is 24.5 Å². The van der Waals surface area contributed by atoms with Gasteiger partial charge in [-0.3, -0.25) is 5.32 Å². The van der Waals surface area contributed by atoms with Crippen molar-refractivity contribution in [3.63, 3.8) is 0 Å². The van der Waals surface area contributed by atoms with E-state index in [0.717, 1.165) is 0 Å². The van der Waals surface area contributed by atoms with E-state index in [-0.39, 0.29) is 19.0 Å². The third-order valence-electron chi connectivity index (χ3n) is 2.40. The number of nitrogens with one attached hydrogen (secondary N) is 2. The Kier molecular flexibility index (Phi) is 6.16. The second kappa shape index (κ2) is 7.89. The quantitative estimate of drug-likeness (QED) is 0.796. The van der Waals surface area contributed by atoms with Gasteiger partial charge in [0.2, 0.25) is 0 Å². The zero-order valence-corrected chi connectivity index (χ0v) is 11.3. The summed E-state index contributed by atoms with van der Waals surface area (Å²) in [6.07, 6.45) is -0.338. The first-order valence-corrected chi connectivity index (χ1v) is 6.24. The minimum atomic E-state index is -0.891. The normalized spacial score (nSPS) is 20.8. The molecule has 0 bridgehead atoms. The summed E-state index contributed by atoms with van der Waals surface area (Å²) in [5.41, 5.74) is 0. The van der Waals surface area contributed by atoms with Crippen LogP contribution in [0, 0.1) is 11.3 Å². The van der Waals surface area contributed by atoms with Gasteiger partial charge in [0.1, 0.15) is 6.07 Å². The second-order valence-electron chi connectivity index (χ2n) is 3.79. The minimum absolute atomic E-state index is 0.0775. The molecule has 0 spiro atoms. The van der Waals surface area contributed by atoms with Gasteiger partial charge in [0.15, 0.2) is 12.0 Å². The van der Waals surface area contributed by atoms with Crippen molar-refractivity contribution in [1.29, 1.82) is 5.26 Å². The average Bonchev–Trinajstić information content (AvgIpc) is 2.41. The molecule has 0 aliphatic carbocycles. The van der Waals surface area contributed by atoms with Gasteiger partial charge >= 0.3 is 12.2 Å². The van der Waals surface area contributed by atoms with Crippen LogP contribution in [0.3, 0.4) is 0 Å². The van der Waals surface area contributed by atoms with Crippen LogP contribution in [0.1, 0.15) is 20.3 Å². The van der Waals surface area contributed by atoms with E-state index >= 15 is 0 Å². The highest BCUT2D eigenvalue weighted by atomic mass is 16.6. The van der Waals surface area contributed by atoms with Gasteiger partial charge in [-0.15, -0.1) is 0 Å². The standard InChI is InChI=1S/C12H17N3O5/c1-3-18-11(16)14-9-6-5-8(7-13)20-10(9)15-12(17)19-4-2/h5,9-10H,3-4,6H2,1-2H3,(H,14,16)(H,15,17)/t9-,10-/m0/s1. The number of nitriles is 1. The summed E-state index contributed by atoms with van der Waals surface area (Å²) in [6, 6.07) is 1.30. The zero-order valence-electron chi connectivity index (χ0n) is 11.3. The SMILES string of the molecule is CCOC(=O)N[C@H]1CC=C(C#N)O[C@@H]1NC(=O)OCC. The number of hydrogen-bond donors (Lipinski definition) is 2. The van der Waals surface area contributed by atoms with Crippen LogP contribution in [0.2, 0.25) is 0 Å². The number of allylic oxidation sites excluding steroid dienone is 1. The molecule has 0 radical (unpaired) electrons. The van der Waals surface area contributed by atoms with Gasteiger partial charge in [0.05, 0.1) is 19.3 Å². The maximum atomic E-state index is 11.4. The highest BCUT2D eigenvalue weighted by Gasteiger charge is 2.31. The average molecular weight is 283 g/mol. The highest BCUT2D eigenvalue weighted by molar-refractivity contribution is 5.69. The van der Waals surface area contributed by atoms with Crippen LogP contribution < -0.4 is 10.6 Å². The van der Waals surface area contributed by atoms with Crippen molar-refractivity contribution in [3.8, 4) is 6.07 Å². The Hall–Kier alpha value is -2.43. The third-order valence-corrected chi connectivity index (χ3v) is 2.40. The van der Waals surface area contributed by atoms with Crippen molar-refractivity contribution in [3.05, 3.63) is 11.8 Å². The number of alkyl carbamates (subject to hydrolysis) is 2. The van der Waals surface area contributed by atoms with E-state index in [1.807, 2.05) is 6.07 Å². The molecule has 2 N–H and O–H groups in total. The molecule has 20 heavy (non-hydrogen) atoms. The summed E-state index contributed by atoms with van der Waals surface area (Å²) in [7, 11) is 0. The molecule has 1 aliphatic heterocycles. The molecule has 8 heteroatoms. The van der Waals surface area contributed by atoms with E-state index in [1.54, 1.807) is 13.8 Å². The van der Waals surface area contributed by atoms with Crippen LogP contribution >= 0.6 is 0 Å². The lowest BCUT2D eigenvalue weighted by Gasteiger charge is -2.30. The molecular formula is C12H17N3O5. The Morgan fingerprint density at radius 2 is 1.95 bits per heavy atom. The predicted octanol–water partition coefficient (Wildman–Crippen LogP) is 1.00. The predicted molar refractivity (Wildman–Crippen MR) is 67.3 cm³/mol. The van der Waals surface area contributed by atoms with E-state index in [4.69, 9.17) is 19.5 Å². The van der Waals surface area contributed by atoms with Crippen molar-refractivity contribution in [2.24, 2.45) is 0 Å². The van der Waals surface area contributed by atoms with E-state index in [0.29, 0.717) is 6.42 Å². The van der Waals surface area contributed by atoms with Gasteiger partial charge < -0.3 is 19.5 Å². The topological polar surface area (TPSA) is 110 Å². The van der Waals surface area contributed by atoms with Gasteiger partial charge in [-0.2, -0.15) is 5.26 Å². The smallest absolute Gasteiger partial charge is 0.410 e. The highest BCUT2D eigenvalue weighted by Crippen LogP contribution is 2.16. The number of rotatable bonds is 4. The number of hydrogen-bond acceptors (Lipinski definition) is 6. The Labute approximate surface area is 116 Å². The van der Waals surface area contributed by atoms with Crippen molar-refractivity contribution in [1.82, 2.24) is 10.6 Å². The first kappa shape index (κ1) is 15.6. The summed E-state index contributed by atoms with van der Waals surface area (Å²) in [5.74, 6) is 0.0775. The third kappa shape index (κ3) is 4.68. The lowest BCUT2D eigenvalue weighted by molar-refractivity contribution is 0.0398. The molecule has 1 heterocycles. The van der Waals surface area contributed by atoms with Crippen molar-refractivity contribution in [2.75, 3.05) is 13.2 Å². The first-order chi connectivity index (χ1) is 9.60.